The lowest BCUT2D eigenvalue weighted by molar-refractivity contribution is 0.352. The molecule has 0 fully saturated rings. The second-order valence-corrected chi connectivity index (χ2v) is 7.59. The summed E-state index contributed by atoms with van der Waals surface area (Å²) in [7, 11) is -1.44. The third-order valence-corrected chi connectivity index (χ3v) is 4.83. The monoisotopic (exact) mass is 468 g/mol. The molecular formula is C16H29IN4O2S. The van der Waals surface area contributed by atoms with Crippen LogP contribution >= 0.6 is 24.0 Å². The van der Waals surface area contributed by atoms with E-state index >= 15 is 0 Å². The Hall–Kier alpha value is -0.870. The third-order valence-electron chi connectivity index (χ3n) is 3.38. The minimum absolute atomic E-state index is 0. The topological polar surface area (TPSA) is 73.8 Å². The van der Waals surface area contributed by atoms with E-state index in [0.717, 1.165) is 6.42 Å². The molecular weight excluding hydrogens is 439 g/mol. The van der Waals surface area contributed by atoms with E-state index < -0.39 is 10.0 Å². The zero-order valence-corrected chi connectivity index (χ0v) is 18.0. The van der Waals surface area contributed by atoms with Gasteiger partial charge in [0.25, 0.3) is 0 Å². The van der Waals surface area contributed by atoms with Gasteiger partial charge in [-0.2, -0.15) is 4.31 Å². The summed E-state index contributed by atoms with van der Waals surface area (Å²) >= 11 is 0. The van der Waals surface area contributed by atoms with E-state index in [9.17, 15) is 8.42 Å². The second kappa shape index (κ2) is 11.6. The molecule has 1 aromatic carbocycles. The third kappa shape index (κ3) is 8.84. The van der Waals surface area contributed by atoms with Crippen molar-refractivity contribution < 1.29 is 8.42 Å². The largest absolute Gasteiger partial charge is 0.356 e. The highest BCUT2D eigenvalue weighted by atomic mass is 127. The molecule has 0 saturated heterocycles. The summed E-state index contributed by atoms with van der Waals surface area (Å²) in [6.45, 7) is 5.62. The van der Waals surface area contributed by atoms with Crippen LogP contribution in [0.25, 0.3) is 0 Å². The Balaban J connectivity index is 0.00000529. The van der Waals surface area contributed by atoms with E-state index in [-0.39, 0.29) is 30.0 Å². The average Bonchev–Trinajstić information content (AvgIpc) is 2.49. The van der Waals surface area contributed by atoms with Gasteiger partial charge in [-0.25, -0.2) is 8.42 Å². The molecule has 0 unspecified atom stereocenters. The first-order valence-electron chi connectivity index (χ1n) is 7.80. The van der Waals surface area contributed by atoms with Crippen molar-refractivity contribution in [3.05, 3.63) is 35.9 Å². The van der Waals surface area contributed by atoms with Crippen LogP contribution in [0.1, 0.15) is 25.8 Å². The van der Waals surface area contributed by atoms with Crippen LogP contribution in [-0.2, 0) is 16.6 Å². The molecule has 0 heterocycles. The van der Waals surface area contributed by atoms with Gasteiger partial charge in [-0.3, -0.25) is 4.99 Å². The van der Waals surface area contributed by atoms with E-state index in [0.29, 0.717) is 25.6 Å². The molecule has 8 heteroatoms. The van der Waals surface area contributed by atoms with Crippen molar-refractivity contribution >= 4 is 40.0 Å². The van der Waals surface area contributed by atoms with Crippen molar-refractivity contribution in [2.45, 2.75) is 32.9 Å². The Morgan fingerprint density at radius 2 is 1.83 bits per heavy atom. The van der Waals surface area contributed by atoms with Crippen molar-refractivity contribution in [3.63, 3.8) is 0 Å². The number of hydrogen-bond acceptors (Lipinski definition) is 3. The number of nitrogens with zero attached hydrogens (tertiary/aromatic N) is 2. The average molecular weight is 468 g/mol. The smallest absolute Gasteiger partial charge is 0.211 e. The minimum Gasteiger partial charge on any atom is -0.356 e. The fourth-order valence-electron chi connectivity index (χ4n) is 2.25. The molecule has 0 aromatic heterocycles. The SMILES string of the molecule is CN=C(NCCCN(C(C)C)S(C)(=O)=O)NCc1ccccc1.I. The molecule has 0 aliphatic rings. The van der Waals surface area contributed by atoms with Crippen molar-refractivity contribution in [1.29, 1.82) is 0 Å². The molecule has 0 saturated carbocycles. The van der Waals surface area contributed by atoms with Gasteiger partial charge in [0.05, 0.1) is 6.26 Å². The molecule has 6 nitrogen and oxygen atoms in total. The maximum atomic E-state index is 11.7. The van der Waals surface area contributed by atoms with E-state index in [2.05, 4.69) is 15.6 Å². The van der Waals surface area contributed by atoms with Crippen molar-refractivity contribution in [1.82, 2.24) is 14.9 Å². The van der Waals surface area contributed by atoms with Gasteiger partial charge in [0.15, 0.2) is 5.96 Å². The number of aliphatic imine (C=N–C) groups is 1. The second-order valence-electron chi connectivity index (χ2n) is 5.66. The maximum Gasteiger partial charge on any atom is 0.211 e. The standard InChI is InChI=1S/C16H28N4O2S.HI/c1-14(2)20(23(4,21)22)12-8-11-18-16(17-3)19-13-15-9-6-5-7-10-15;/h5-7,9-10,14H,8,11-13H2,1-4H3,(H2,17,18,19);1H. The van der Waals surface area contributed by atoms with Crippen LogP contribution in [0.3, 0.4) is 0 Å². The molecule has 0 aliphatic heterocycles. The Bertz CT molecular complexity index is 591. The van der Waals surface area contributed by atoms with Crippen molar-refractivity contribution in [2.24, 2.45) is 4.99 Å². The molecule has 0 spiro atoms. The van der Waals surface area contributed by atoms with Crippen LogP contribution in [0.15, 0.2) is 35.3 Å². The number of guanidine groups is 1. The predicted molar refractivity (Wildman–Crippen MR) is 111 cm³/mol. The summed E-state index contributed by atoms with van der Waals surface area (Å²) in [6.07, 6.45) is 1.97. The molecule has 2 N–H and O–H groups in total. The Labute approximate surface area is 163 Å². The lowest BCUT2D eigenvalue weighted by Gasteiger charge is -2.24. The van der Waals surface area contributed by atoms with Gasteiger partial charge in [-0.15, -0.1) is 24.0 Å². The van der Waals surface area contributed by atoms with E-state index in [1.165, 1.54) is 16.1 Å². The number of halogens is 1. The quantitative estimate of drug-likeness (QED) is 0.265. The molecule has 1 rings (SSSR count). The summed E-state index contributed by atoms with van der Waals surface area (Å²) in [5.41, 5.74) is 1.18. The summed E-state index contributed by atoms with van der Waals surface area (Å²) in [5.74, 6) is 0.712. The summed E-state index contributed by atoms with van der Waals surface area (Å²) in [4.78, 5) is 4.17. The van der Waals surface area contributed by atoms with Crippen LogP contribution in [0.2, 0.25) is 0 Å². The van der Waals surface area contributed by atoms with Crippen molar-refractivity contribution in [2.75, 3.05) is 26.4 Å². The molecule has 0 radical (unpaired) electrons. The number of rotatable bonds is 8. The van der Waals surface area contributed by atoms with E-state index in [1.54, 1.807) is 7.05 Å². The number of hydrogen-bond donors (Lipinski definition) is 2. The molecule has 0 atom stereocenters. The minimum atomic E-state index is -3.16. The van der Waals surface area contributed by atoms with Crippen LogP contribution in [0, 0.1) is 0 Å². The summed E-state index contributed by atoms with van der Waals surface area (Å²) < 4.78 is 24.9. The van der Waals surface area contributed by atoms with Gasteiger partial charge in [0, 0.05) is 32.7 Å². The predicted octanol–water partition coefficient (Wildman–Crippen LogP) is 2.03. The molecule has 0 aliphatic carbocycles. The summed E-state index contributed by atoms with van der Waals surface area (Å²) in [5, 5.41) is 6.44. The first kappa shape index (κ1) is 23.1. The van der Waals surface area contributed by atoms with Crippen LogP contribution in [0.4, 0.5) is 0 Å². The van der Waals surface area contributed by atoms with E-state index in [1.807, 2.05) is 44.2 Å². The zero-order chi connectivity index (χ0) is 17.3. The van der Waals surface area contributed by atoms with Gasteiger partial charge in [-0.1, -0.05) is 30.3 Å². The maximum absolute atomic E-state index is 11.7. The molecule has 24 heavy (non-hydrogen) atoms. The van der Waals surface area contributed by atoms with E-state index in [4.69, 9.17) is 0 Å². The lowest BCUT2D eigenvalue weighted by Crippen LogP contribution is -2.40. The molecule has 0 bridgehead atoms. The Morgan fingerprint density at radius 1 is 1.21 bits per heavy atom. The van der Waals surface area contributed by atoms with Gasteiger partial charge in [0.2, 0.25) is 10.0 Å². The molecule has 1 aromatic rings. The first-order valence-corrected chi connectivity index (χ1v) is 9.64. The van der Waals surface area contributed by atoms with Crippen LogP contribution in [-0.4, -0.2) is 51.1 Å². The van der Waals surface area contributed by atoms with Gasteiger partial charge < -0.3 is 10.6 Å². The zero-order valence-electron chi connectivity index (χ0n) is 14.8. The molecule has 138 valence electrons. The molecule has 0 amide bonds. The highest BCUT2D eigenvalue weighted by Gasteiger charge is 2.19. The number of benzene rings is 1. The fraction of sp³-hybridized carbons (Fsp3) is 0.562. The fourth-order valence-corrected chi connectivity index (χ4v) is 3.48. The lowest BCUT2D eigenvalue weighted by atomic mass is 10.2. The van der Waals surface area contributed by atoms with Gasteiger partial charge in [0.1, 0.15) is 0 Å². The number of sulfonamides is 1. The first-order chi connectivity index (χ1) is 10.8. The van der Waals surface area contributed by atoms with Crippen LogP contribution < -0.4 is 10.6 Å². The van der Waals surface area contributed by atoms with Crippen molar-refractivity contribution in [3.8, 4) is 0 Å². The summed E-state index contributed by atoms with van der Waals surface area (Å²) in [6, 6.07) is 10.1. The highest BCUT2D eigenvalue weighted by molar-refractivity contribution is 14.0. The Kier molecular flexibility index (Phi) is 11.2. The normalized spacial score (nSPS) is 12.2. The highest BCUT2D eigenvalue weighted by Crippen LogP contribution is 2.05. The van der Waals surface area contributed by atoms with Crippen LogP contribution in [0.5, 0.6) is 0 Å². The van der Waals surface area contributed by atoms with Gasteiger partial charge >= 0.3 is 0 Å². The number of nitrogens with one attached hydrogen (secondary N) is 2. The Morgan fingerprint density at radius 3 is 2.33 bits per heavy atom. The van der Waals surface area contributed by atoms with Gasteiger partial charge in [-0.05, 0) is 25.8 Å².